The third kappa shape index (κ3) is 2.95. The van der Waals surface area contributed by atoms with Gasteiger partial charge in [-0.2, -0.15) is 0 Å². The molecule has 100 valence electrons. The van der Waals surface area contributed by atoms with Gasteiger partial charge in [-0.1, -0.05) is 47.5 Å². The van der Waals surface area contributed by atoms with Crippen LogP contribution in [-0.2, 0) is 4.57 Å². The zero-order valence-electron chi connectivity index (χ0n) is 11.2. The molecule has 2 N–H and O–H groups in total. The van der Waals surface area contributed by atoms with E-state index in [1.165, 1.54) is 0 Å². The van der Waals surface area contributed by atoms with Crippen LogP contribution in [0.5, 0.6) is 0 Å². The number of hydrogen-bond donors (Lipinski definition) is 2. The van der Waals surface area contributed by atoms with Gasteiger partial charge in [-0.3, -0.25) is 4.57 Å². The minimum atomic E-state index is -4.29. The Hall–Kier alpha value is -1.41. The van der Waals surface area contributed by atoms with Crippen LogP contribution in [0.3, 0.4) is 0 Å². The van der Waals surface area contributed by atoms with Crippen molar-refractivity contribution in [1.82, 2.24) is 0 Å². The summed E-state index contributed by atoms with van der Waals surface area (Å²) in [6.45, 7) is 5.64. The van der Waals surface area contributed by atoms with Gasteiger partial charge in [0.15, 0.2) is 0 Å². The van der Waals surface area contributed by atoms with Crippen molar-refractivity contribution in [2.24, 2.45) is 0 Å². The molecular formula is C15H17O3P. The summed E-state index contributed by atoms with van der Waals surface area (Å²) in [5.74, 6) is 0. The second-order valence-electron chi connectivity index (χ2n) is 4.89. The van der Waals surface area contributed by atoms with Crippen LogP contribution in [0.1, 0.15) is 16.7 Å². The van der Waals surface area contributed by atoms with Crippen molar-refractivity contribution in [3.05, 3.63) is 53.1 Å². The molecule has 0 aliphatic heterocycles. The van der Waals surface area contributed by atoms with Crippen LogP contribution < -0.4 is 5.30 Å². The van der Waals surface area contributed by atoms with E-state index < -0.39 is 7.60 Å². The Morgan fingerprint density at radius 3 is 2.00 bits per heavy atom. The molecular weight excluding hydrogens is 259 g/mol. The fourth-order valence-electron chi connectivity index (χ4n) is 2.30. The second-order valence-corrected chi connectivity index (χ2v) is 6.42. The Bertz CT molecular complexity index is 654. The molecule has 0 saturated heterocycles. The van der Waals surface area contributed by atoms with Crippen molar-refractivity contribution < 1.29 is 14.4 Å². The SMILES string of the molecule is Cc1ccc(-c2cc(C)cc(C)c2P(=O)(O)O)cc1. The molecule has 0 aromatic heterocycles. The molecule has 0 bridgehead atoms. The molecule has 3 nitrogen and oxygen atoms in total. The zero-order valence-corrected chi connectivity index (χ0v) is 12.1. The lowest BCUT2D eigenvalue weighted by atomic mass is 10.00. The summed E-state index contributed by atoms with van der Waals surface area (Å²) in [5.41, 5.74) is 4.18. The van der Waals surface area contributed by atoms with Gasteiger partial charge in [0.2, 0.25) is 0 Å². The highest BCUT2D eigenvalue weighted by atomic mass is 31.2. The highest BCUT2D eigenvalue weighted by Gasteiger charge is 2.24. The molecule has 0 unspecified atom stereocenters. The fraction of sp³-hybridized carbons (Fsp3) is 0.200. The molecule has 2 aromatic carbocycles. The smallest absolute Gasteiger partial charge is 0.321 e. The highest BCUT2D eigenvalue weighted by molar-refractivity contribution is 7.60. The van der Waals surface area contributed by atoms with Crippen molar-refractivity contribution in [3.63, 3.8) is 0 Å². The van der Waals surface area contributed by atoms with Gasteiger partial charge in [0, 0.05) is 0 Å². The third-order valence-corrected chi connectivity index (χ3v) is 4.27. The molecule has 0 spiro atoms. The number of aryl methyl sites for hydroxylation is 3. The van der Waals surface area contributed by atoms with Gasteiger partial charge in [0.1, 0.15) is 0 Å². The first-order valence-corrected chi connectivity index (χ1v) is 7.64. The number of hydrogen-bond acceptors (Lipinski definition) is 1. The average Bonchev–Trinajstić information content (AvgIpc) is 2.26. The van der Waals surface area contributed by atoms with Crippen molar-refractivity contribution in [2.75, 3.05) is 0 Å². The number of rotatable bonds is 2. The zero-order chi connectivity index (χ0) is 14.2. The van der Waals surface area contributed by atoms with Crippen molar-refractivity contribution in [3.8, 4) is 11.1 Å². The molecule has 0 saturated carbocycles. The molecule has 0 atom stereocenters. The lowest BCUT2D eigenvalue weighted by Gasteiger charge is -2.15. The topological polar surface area (TPSA) is 57.5 Å². The summed E-state index contributed by atoms with van der Waals surface area (Å²) < 4.78 is 11.7. The predicted octanol–water partition coefficient (Wildman–Crippen LogP) is 3.08. The number of benzene rings is 2. The Morgan fingerprint density at radius 2 is 1.47 bits per heavy atom. The summed E-state index contributed by atoms with van der Waals surface area (Å²) in [6, 6.07) is 11.3. The maximum atomic E-state index is 11.7. The first kappa shape index (κ1) is 14.0. The van der Waals surface area contributed by atoms with E-state index >= 15 is 0 Å². The van der Waals surface area contributed by atoms with Gasteiger partial charge >= 0.3 is 7.60 Å². The molecule has 0 fully saturated rings. The van der Waals surface area contributed by atoms with Crippen LogP contribution in [0, 0.1) is 20.8 Å². The quantitative estimate of drug-likeness (QED) is 0.829. The van der Waals surface area contributed by atoms with Gasteiger partial charge in [-0.15, -0.1) is 0 Å². The maximum absolute atomic E-state index is 11.7. The molecule has 2 rings (SSSR count). The Labute approximate surface area is 113 Å². The van der Waals surface area contributed by atoms with E-state index in [1.54, 1.807) is 13.0 Å². The predicted molar refractivity (Wildman–Crippen MR) is 77.8 cm³/mol. The Balaban J connectivity index is 2.75. The summed E-state index contributed by atoms with van der Waals surface area (Å²) in [5, 5.41) is 0.127. The molecule has 0 heterocycles. The molecule has 4 heteroatoms. The van der Waals surface area contributed by atoms with Crippen molar-refractivity contribution >= 4 is 12.9 Å². The Morgan fingerprint density at radius 1 is 0.895 bits per heavy atom. The van der Waals surface area contributed by atoms with Crippen LogP contribution in [0.2, 0.25) is 0 Å². The molecule has 0 aliphatic carbocycles. The second kappa shape index (κ2) is 4.93. The van der Waals surface area contributed by atoms with Crippen LogP contribution >= 0.6 is 7.60 Å². The third-order valence-electron chi connectivity index (χ3n) is 3.10. The van der Waals surface area contributed by atoms with Crippen LogP contribution in [0.25, 0.3) is 11.1 Å². The van der Waals surface area contributed by atoms with Crippen molar-refractivity contribution in [1.29, 1.82) is 0 Å². The molecule has 0 radical (unpaired) electrons. The standard InChI is InChI=1S/C15H17O3P/c1-10-4-6-13(7-5-10)14-9-11(2)8-12(3)15(14)19(16,17)18/h4-9H,1-3H3,(H2,16,17,18). The van der Waals surface area contributed by atoms with Gasteiger partial charge in [-0.25, -0.2) is 0 Å². The molecule has 0 amide bonds. The molecule has 0 aliphatic rings. The molecule has 19 heavy (non-hydrogen) atoms. The summed E-state index contributed by atoms with van der Waals surface area (Å²) >= 11 is 0. The minimum absolute atomic E-state index is 0.127. The van der Waals surface area contributed by atoms with E-state index in [1.807, 2.05) is 44.2 Å². The van der Waals surface area contributed by atoms with E-state index in [9.17, 15) is 14.4 Å². The van der Waals surface area contributed by atoms with Crippen molar-refractivity contribution in [2.45, 2.75) is 20.8 Å². The normalized spacial score (nSPS) is 11.6. The van der Waals surface area contributed by atoms with E-state index in [4.69, 9.17) is 0 Å². The average molecular weight is 276 g/mol. The maximum Gasteiger partial charge on any atom is 0.357 e. The fourth-order valence-corrected chi connectivity index (χ4v) is 3.33. The van der Waals surface area contributed by atoms with Gasteiger partial charge < -0.3 is 9.79 Å². The van der Waals surface area contributed by atoms with Crippen LogP contribution in [-0.4, -0.2) is 9.79 Å². The first-order valence-electron chi connectivity index (χ1n) is 6.03. The van der Waals surface area contributed by atoms with E-state index in [2.05, 4.69) is 0 Å². The largest absolute Gasteiger partial charge is 0.357 e. The van der Waals surface area contributed by atoms with E-state index in [0.717, 1.165) is 16.7 Å². The first-order chi connectivity index (χ1) is 8.79. The van der Waals surface area contributed by atoms with Gasteiger partial charge in [-0.05, 0) is 37.5 Å². The lowest BCUT2D eigenvalue weighted by molar-refractivity contribution is 0.387. The van der Waals surface area contributed by atoms with E-state index in [-0.39, 0.29) is 5.30 Å². The van der Waals surface area contributed by atoms with Crippen LogP contribution in [0.4, 0.5) is 0 Å². The lowest BCUT2D eigenvalue weighted by Crippen LogP contribution is -2.12. The molecule has 2 aromatic rings. The van der Waals surface area contributed by atoms with Gasteiger partial charge in [0.05, 0.1) is 5.30 Å². The summed E-state index contributed by atoms with van der Waals surface area (Å²) in [6.07, 6.45) is 0. The minimum Gasteiger partial charge on any atom is -0.321 e. The monoisotopic (exact) mass is 276 g/mol. The Kier molecular flexibility index (Phi) is 3.64. The van der Waals surface area contributed by atoms with Gasteiger partial charge in [0.25, 0.3) is 0 Å². The van der Waals surface area contributed by atoms with E-state index in [0.29, 0.717) is 11.1 Å². The summed E-state index contributed by atoms with van der Waals surface area (Å²) in [4.78, 5) is 19.1. The van der Waals surface area contributed by atoms with Crippen LogP contribution in [0.15, 0.2) is 36.4 Å². The highest BCUT2D eigenvalue weighted by Crippen LogP contribution is 2.39. The summed E-state index contributed by atoms with van der Waals surface area (Å²) in [7, 11) is -4.29.